The van der Waals surface area contributed by atoms with Crippen LogP contribution < -0.4 is 9.64 Å². The van der Waals surface area contributed by atoms with Crippen molar-refractivity contribution < 1.29 is 19.4 Å². The molecular weight excluding hydrogens is 270 g/mol. The summed E-state index contributed by atoms with van der Waals surface area (Å²) in [7, 11) is 0. The summed E-state index contributed by atoms with van der Waals surface area (Å²) in [5, 5.41) is 8.82. The Bertz CT molecular complexity index is 456. The number of benzene rings is 1. The highest BCUT2D eigenvalue weighted by atomic mass is 16.5. The molecule has 0 aromatic heterocycles. The smallest absolute Gasteiger partial charge is 0.305 e. The molecule has 116 valence electrons. The Kier molecular flexibility index (Phi) is 7.29. The molecule has 0 aliphatic carbocycles. The summed E-state index contributed by atoms with van der Waals surface area (Å²) in [6.07, 6.45) is 2.11. The van der Waals surface area contributed by atoms with E-state index in [1.165, 1.54) is 0 Å². The van der Waals surface area contributed by atoms with Gasteiger partial charge in [-0.25, -0.2) is 0 Å². The number of ether oxygens (including phenoxy) is 1. The first kappa shape index (κ1) is 17.0. The number of hydrogen-bond donors (Lipinski definition) is 1. The zero-order valence-electron chi connectivity index (χ0n) is 12.7. The van der Waals surface area contributed by atoms with Crippen molar-refractivity contribution in [3.05, 3.63) is 24.3 Å². The largest absolute Gasteiger partial charge is 0.494 e. The van der Waals surface area contributed by atoms with Gasteiger partial charge >= 0.3 is 5.97 Å². The molecule has 0 fully saturated rings. The molecule has 0 atom stereocenters. The zero-order chi connectivity index (χ0) is 15.7. The number of carboxylic acid groups (broad SMARTS) is 1. The van der Waals surface area contributed by atoms with E-state index in [0.29, 0.717) is 18.7 Å². The van der Waals surface area contributed by atoms with Gasteiger partial charge in [-0.1, -0.05) is 13.3 Å². The summed E-state index contributed by atoms with van der Waals surface area (Å²) in [5.74, 6) is -0.211. The van der Waals surface area contributed by atoms with Gasteiger partial charge in [-0.3, -0.25) is 9.59 Å². The zero-order valence-corrected chi connectivity index (χ0v) is 12.7. The number of nitrogens with zero attached hydrogens (tertiary/aromatic N) is 1. The van der Waals surface area contributed by atoms with Crippen LogP contribution in [-0.2, 0) is 9.59 Å². The van der Waals surface area contributed by atoms with Gasteiger partial charge in [0.05, 0.1) is 13.0 Å². The number of amides is 1. The van der Waals surface area contributed by atoms with Crippen molar-refractivity contribution in [2.75, 3.05) is 18.1 Å². The Morgan fingerprint density at radius 3 is 2.33 bits per heavy atom. The molecular formula is C16H23NO4. The second-order valence-electron chi connectivity index (χ2n) is 4.72. The Balaban J connectivity index is 2.82. The first-order chi connectivity index (χ1) is 10.1. The second-order valence-corrected chi connectivity index (χ2v) is 4.72. The molecule has 5 heteroatoms. The average molecular weight is 293 g/mol. The molecule has 1 amide bonds. The predicted molar refractivity (Wildman–Crippen MR) is 81.7 cm³/mol. The van der Waals surface area contributed by atoms with Crippen LogP contribution in [0.1, 0.15) is 39.5 Å². The Labute approximate surface area is 125 Å². The molecule has 1 aromatic rings. The number of unbranched alkanes of at least 4 members (excludes halogenated alkanes) is 1. The van der Waals surface area contributed by atoms with E-state index in [9.17, 15) is 9.59 Å². The topological polar surface area (TPSA) is 66.8 Å². The van der Waals surface area contributed by atoms with Crippen LogP contribution >= 0.6 is 0 Å². The molecule has 0 saturated heterocycles. The molecule has 0 radical (unpaired) electrons. The average Bonchev–Trinajstić information content (AvgIpc) is 2.47. The molecule has 0 aliphatic heterocycles. The maximum absolute atomic E-state index is 12.2. The Hall–Kier alpha value is -2.04. The lowest BCUT2D eigenvalue weighted by Crippen LogP contribution is -2.32. The molecule has 21 heavy (non-hydrogen) atoms. The van der Waals surface area contributed by atoms with Crippen LogP contribution in [0.25, 0.3) is 0 Å². The normalized spacial score (nSPS) is 10.2. The Morgan fingerprint density at radius 1 is 1.14 bits per heavy atom. The molecule has 0 unspecified atom stereocenters. The lowest BCUT2D eigenvalue weighted by Gasteiger charge is -2.22. The van der Waals surface area contributed by atoms with E-state index < -0.39 is 5.97 Å². The number of carboxylic acids is 1. The van der Waals surface area contributed by atoms with Gasteiger partial charge in [-0.05, 0) is 37.6 Å². The number of hydrogen-bond acceptors (Lipinski definition) is 3. The van der Waals surface area contributed by atoms with Crippen molar-refractivity contribution in [1.82, 2.24) is 0 Å². The van der Waals surface area contributed by atoms with E-state index >= 15 is 0 Å². The van der Waals surface area contributed by atoms with Crippen LogP contribution in [0.4, 0.5) is 5.69 Å². The van der Waals surface area contributed by atoms with Gasteiger partial charge in [0.2, 0.25) is 5.91 Å². The van der Waals surface area contributed by atoms with Gasteiger partial charge < -0.3 is 14.7 Å². The van der Waals surface area contributed by atoms with Crippen molar-refractivity contribution in [2.45, 2.75) is 39.5 Å². The van der Waals surface area contributed by atoms with Crippen molar-refractivity contribution >= 4 is 17.6 Å². The fraction of sp³-hybridized carbons (Fsp3) is 0.500. The third kappa shape index (κ3) is 5.85. The standard InChI is InChI=1S/C16H23NO4/c1-3-5-6-15(18)17(12-11-16(19)20)13-7-9-14(10-8-13)21-4-2/h7-10H,3-6,11-12H2,1-2H3,(H,19,20). The number of aliphatic carboxylic acids is 1. The van der Waals surface area contributed by atoms with Crippen LogP contribution in [-0.4, -0.2) is 30.1 Å². The highest BCUT2D eigenvalue weighted by Crippen LogP contribution is 2.21. The minimum atomic E-state index is -0.908. The maximum Gasteiger partial charge on any atom is 0.305 e. The van der Waals surface area contributed by atoms with E-state index in [-0.39, 0.29) is 18.9 Å². The van der Waals surface area contributed by atoms with Gasteiger partial charge in [0.1, 0.15) is 5.75 Å². The van der Waals surface area contributed by atoms with Crippen molar-refractivity contribution in [1.29, 1.82) is 0 Å². The molecule has 0 heterocycles. The second kappa shape index (κ2) is 9.00. The summed E-state index contributed by atoms with van der Waals surface area (Å²) < 4.78 is 5.37. The van der Waals surface area contributed by atoms with Gasteiger partial charge in [0.15, 0.2) is 0 Å². The van der Waals surface area contributed by atoms with E-state index in [1.54, 1.807) is 29.2 Å². The van der Waals surface area contributed by atoms with Crippen LogP contribution in [0.5, 0.6) is 5.75 Å². The highest BCUT2D eigenvalue weighted by molar-refractivity contribution is 5.93. The minimum absolute atomic E-state index is 0.0396. The van der Waals surface area contributed by atoms with Gasteiger partial charge in [0.25, 0.3) is 0 Å². The minimum Gasteiger partial charge on any atom is -0.494 e. The molecule has 0 spiro atoms. The van der Waals surface area contributed by atoms with E-state index in [4.69, 9.17) is 9.84 Å². The molecule has 1 N–H and O–H groups in total. The van der Waals surface area contributed by atoms with Crippen molar-refractivity contribution in [3.8, 4) is 5.75 Å². The van der Waals surface area contributed by atoms with E-state index in [1.807, 2.05) is 13.8 Å². The number of carbonyl (C=O) groups excluding carboxylic acids is 1. The summed E-state index contributed by atoms with van der Waals surface area (Å²) in [5.41, 5.74) is 0.709. The van der Waals surface area contributed by atoms with Crippen LogP contribution in [0, 0.1) is 0 Å². The Morgan fingerprint density at radius 2 is 1.81 bits per heavy atom. The van der Waals surface area contributed by atoms with Crippen LogP contribution in [0.15, 0.2) is 24.3 Å². The first-order valence-corrected chi connectivity index (χ1v) is 7.33. The van der Waals surface area contributed by atoms with Gasteiger partial charge in [-0.2, -0.15) is 0 Å². The highest BCUT2D eigenvalue weighted by Gasteiger charge is 2.16. The third-order valence-electron chi connectivity index (χ3n) is 3.05. The lowest BCUT2D eigenvalue weighted by atomic mass is 10.2. The fourth-order valence-electron chi connectivity index (χ4n) is 1.96. The van der Waals surface area contributed by atoms with Gasteiger partial charge in [-0.15, -0.1) is 0 Å². The third-order valence-corrected chi connectivity index (χ3v) is 3.05. The summed E-state index contributed by atoms with van der Waals surface area (Å²) in [6, 6.07) is 7.16. The number of carbonyl (C=O) groups is 2. The summed E-state index contributed by atoms with van der Waals surface area (Å²) in [4.78, 5) is 24.5. The fourth-order valence-corrected chi connectivity index (χ4v) is 1.96. The molecule has 0 aliphatic rings. The predicted octanol–water partition coefficient (Wildman–Crippen LogP) is 3.08. The van der Waals surface area contributed by atoms with E-state index in [2.05, 4.69) is 0 Å². The molecule has 0 bridgehead atoms. The number of rotatable bonds is 9. The lowest BCUT2D eigenvalue weighted by molar-refractivity contribution is -0.136. The summed E-state index contributed by atoms with van der Waals surface area (Å²) in [6.45, 7) is 4.69. The molecule has 1 aromatic carbocycles. The van der Waals surface area contributed by atoms with Gasteiger partial charge in [0, 0.05) is 18.7 Å². The monoisotopic (exact) mass is 293 g/mol. The van der Waals surface area contributed by atoms with Crippen LogP contribution in [0.2, 0.25) is 0 Å². The van der Waals surface area contributed by atoms with Crippen molar-refractivity contribution in [2.24, 2.45) is 0 Å². The number of anilines is 1. The van der Waals surface area contributed by atoms with E-state index in [0.717, 1.165) is 18.6 Å². The quantitative estimate of drug-likeness (QED) is 0.759. The maximum atomic E-state index is 12.2. The first-order valence-electron chi connectivity index (χ1n) is 7.33. The molecule has 1 rings (SSSR count). The SMILES string of the molecule is CCCCC(=O)N(CCC(=O)O)c1ccc(OCC)cc1. The summed E-state index contributed by atoms with van der Waals surface area (Å²) >= 11 is 0. The van der Waals surface area contributed by atoms with Crippen molar-refractivity contribution in [3.63, 3.8) is 0 Å². The molecule has 0 saturated carbocycles. The molecule has 5 nitrogen and oxygen atoms in total. The van der Waals surface area contributed by atoms with Crippen LogP contribution in [0.3, 0.4) is 0 Å².